The van der Waals surface area contributed by atoms with Crippen LogP contribution in [0.15, 0.2) is 63.3 Å². The van der Waals surface area contributed by atoms with Crippen LogP contribution in [0.2, 0.25) is 5.02 Å². The Morgan fingerprint density at radius 3 is 2.48 bits per heavy atom. The fourth-order valence-corrected chi connectivity index (χ4v) is 3.77. The second-order valence-electron chi connectivity index (χ2n) is 7.21. The molecule has 0 saturated carbocycles. The minimum absolute atomic E-state index is 0.143. The first-order chi connectivity index (χ1) is 14.9. The number of rotatable bonds is 4. The number of benzene rings is 2. The van der Waals surface area contributed by atoms with Crippen molar-refractivity contribution in [3.05, 3.63) is 70.8 Å². The molecule has 2 aromatic carbocycles. The van der Waals surface area contributed by atoms with E-state index in [1.807, 2.05) is 0 Å². The lowest BCUT2D eigenvalue weighted by atomic mass is 10.1. The van der Waals surface area contributed by atoms with Gasteiger partial charge in [-0.05, 0) is 55.5 Å². The molecule has 3 heterocycles. The second-order valence-corrected chi connectivity index (χ2v) is 7.65. The average molecular weight is 440 g/mol. The summed E-state index contributed by atoms with van der Waals surface area (Å²) in [6.45, 7) is 1.91. The molecule has 5 rings (SSSR count). The Morgan fingerprint density at radius 2 is 1.77 bits per heavy atom. The lowest BCUT2D eigenvalue weighted by molar-refractivity contribution is -0.123. The Hall–Kier alpha value is -3.59. The number of oxazole rings is 1. The van der Waals surface area contributed by atoms with Crippen LogP contribution in [0.3, 0.4) is 0 Å². The molecule has 0 aliphatic carbocycles. The van der Waals surface area contributed by atoms with Gasteiger partial charge in [-0.2, -0.15) is 5.11 Å². The fraction of sp³-hybridized carbons (Fsp3) is 0.190. The van der Waals surface area contributed by atoms with Gasteiger partial charge in [0.2, 0.25) is 5.89 Å². The van der Waals surface area contributed by atoms with E-state index >= 15 is 0 Å². The van der Waals surface area contributed by atoms with Gasteiger partial charge < -0.3 is 4.42 Å². The van der Waals surface area contributed by atoms with Crippen molar-refractivity contribution in [3.63, 3.8) is 0 Å². The first-order valence-corrected chi connectivity index (χ1v) is 9.83. The van der Waals surface area contributed by atoms with Gasteiger partial charge in [0.25, 0.3) is 11.8 Å². The van der Waals surface area contributed by atoms with E-state index in [9.17, 15) is 14.0 Å². The maximum absolute atomic E-state index is 13.2. The number of amides is 2. The van der Waals surface area contributed by atoms with Gasteiger partial charge in [0.05, 0.1) is 12.2 Å². The van der Waals surface area contributed by atoms with Gasteiger partial charge in [0.15, 0.2) is 12.1 Å². The number of anilines is 1. The summed E-state index contributed by atoms with van der Waals surface area (Å²) in [5.41, 5.74) is 1.63. The van der Waals surface area contributed by atoms with Crippen molar-refractivity contribution in [2.24, 2.45) is 10.3 Å². The molecule has 0 bridgehead atoms. The van der Waals surface area contributed by atoms with Crippen LogP contribution in [0, 0.1) is 12.7 Å². The summed E-state index contributed by atoms with van der Waals surface area (Å²) in [7, 11) is 0. The molecular weight excluding hydrogens is 425 g/mol. The number of aryl methyl sites for hydroxylation is 1. The number of carbonyl (C=O) groups excluding carboxylic acids is 2. The zero-order valence-electron chi connectivity index (χ0n) is 16.2. The van der Waals surface area contributed by atoms with Crippen LogP contribution >= 0.6 is 11.6 Å². The predicted molar refractivity (Wildman–Crippen MR) is 109 cm³/mol. The number of hydrogen-bond acceptors (Lipinski definition) is 7. The molecular formula is C21H15ClFN5O3. The highest BCUT2D eigenvalue weighted by Crippen LogP contribution is 2.33. The minimum atomic E-state index is -0.944. The largest absolute Gasteiger partial charge is 0.441 e. The Morgan fingerprint density at radius 1 is 1.06 bits per heavy atom. The molecule has 2 aliphatic rings. The number of nitrogens with zero attached hydrogens (tertiary/aromatic N) is 5. The molecule has 8 nitrogen and oxygen atoms in total. The van der Waals surface area contributed by atoms with E-state index in [1.165, 1.54) is 29.3 Å². The van der Waals surface area contributed by atoms with Crippen LogP contribution in [-0.4, -0.2) is 33.9 Å². The van der Waals surface area contributed by atoms with Crippen LogP contribution in [0.25, 0.3) is 11.5 Å². The number of carbonyl (C=O) groups is 2. The minimum Gasteiger partial charge on any atom is -0.441 e. The first kappa shape index (κ1) is 19.4. The zero-order valence-corrected chi connectivity index (χ0v) is 17.0. The van der Waals surface area contributed by atoms with E-state index in [2.05, 4.69) is 15.3 Å². The molecule has 2 aliphatic heterocycles. The number of halogens is 2. The van der Waals surface area contributed by atoms with Gasteiger partial charge in [-0.1, -0.05) is 16.8 Å². The van der Waals surface area contributed by atoms with E-state index in [0.717, 1.165) is 10.5 Å². The molecule has 0 unspecified atom stereocenters. The quantitative estimate of drug-likeness (QED) is 0.574. The van der Waals surface area contributed by atoms with Crippen molar-refractivity contribution in [1.82, 2.24) is 9.99 Å². The molecule has 1 aromatic heterocycles. The zero-order chi connectivity index (χ0) is 21.7. The standard InChI is InChI=1S/C21H15ClFN5O3/c1-11-16(24-19(31-11)12-2-4-13(22)5-3-12)10-27-18-17(25-26-27)20(29)28(21(18)30)15-8-6-14(23)7-9-15/h2-9,17-18H,10H2,1H3/t17-,18+/m0/s1. The van der Waals surface area contributed by atoms with Crippen molar-refractivity contribution < 1.29 is 18.4 Å². The van der Waals surface area contributed by atoms with Gasteiger partial charge in [-0.15, -0.1) is 0 Å². The molecule has 10 heteroatoms. The van der Waals surface area contributed by atoms with Crippen LogP contribution in [-0.2, 0) is 16.1 Å². The topological polar surface area (TPSA) is 91.4 Å². The van der Waals surface area contributed by atoms with Crippen molar-refractivity contribution in [1.29, 1.82) is 0 Å². The van der Waals surface area contributed by atoms with E-state index in [4.69, 9.17) is 16.0 Å². The fourth-order valence-electron chi connectivity index (χ4n) is 3.64. The normalized spacial score (nSPS) is 20.1. The Labute approximate surface area is 180 Å². The number of fused-ring (bicyclic) bond motifs is 1. The van der Waals surface area contributed by atoms with Crippen molar-refractivity contribution >= 4 is 29.1 Å². The van der Waals surface area contributed by atoms with Gasteiger partial charge in [-0.25, -0.2) is 14.3 Å². The summed E-state index contributed by atoms with van der Waals surface area (Å²) in [6, 6.07) is 10.4. The van der Waals surface area contributed by atoms with Crippen LogP contribution in [0.5, 0.6) is 0 Å². The van der Waals surface area contributed by atoms with Crippen molar-refractivity contribution in [2.45, 2.75) is 25.6 Å². The van der Waals surface area contributed by atoms with Crippen LogP contribution < -0.4 is 4.90 Å². The van der Waals surface area contributed by atoms with E-state index in [1.54, 1.807) is 31.2 Å². The second kappa shape index (κ2) is 7.28. The Bertz CT molecular complexity index is 1210. The van der Waals surface area contributed by atoms with Gasteiger partial charge in [0.1, 0.15) is 17.3 Å². The lowest BCUT2D eigenvalue weighted by Gasteiger charge is -2.19. The van der Waals surface area contributed by atoms with Crippen molar-refractivity contribution in [3.8, 4) is 11.5 Å². The first-order valence-electron chi connectivity index (χ1n) is 9.45. The Kier molecular flexibility index (Phi) is 4.55. The molecule has 0 N–H and O–H groups in total. The highest BCUT2D eigenvalue weighted by Gasteiger charge is 2.54. The maximum Gasteiger partial charge on any atom is 0.263 e. The smallest absolute Gasteiger partial charge is 0.263 e. The third-order valence-corrected chi connectivity index (χ3v) is 5.49. The summed E-state index contributed by atoms with van der Waals surface area (Å²) < 4.78 is 19.0. The molecule has 156 valence electrons. The lowest BCUT2D eigenvalue weighted by Crippen LogP contribution is -2.39. The molecule has 3 aromatic rings. The molecule has 1 fully saturated rings. The monoisotopic (exact) mass is 439 g/mol. The van der Waals surface area contributed by atoms with E-state index in [0.29, 0.717) is 28.1 Å². The molecule has 0 spiro atoms. The number of hydrogen-bond donors (Lipinski definition) is 0. The van der Waals surface area contributed by atoms with Gasteiger partial charge in [-0.3, -0.25) is 14.6 Å². The molecule has 31 heavy (non-hydrogen) atoms. The van der Waals surface area contributed by atoms with E-state index < -0.39 is 29.7 Å². The predicted octanol–water partition coefficient (Wildman–Crippen LogP) is 3.94. The average Bonchev–Trinajstić information content (AvgIpc) is 3.40. The van der Waals surface area contributed by atoms with Gasteiger partial charge in [0, 0.05) is 10.6 Å². The molecule has 2 atom stereocenters. The third-order valence-electron chi connectivity index (χ3n) is 5.24. The maximum atomic E-state index is 13.2. The third kappa shape index (κ3) is 3.27. The highest BCUT2D eigenvalue weighted by molar-refractivity contribution is 6.30. The van der Waals surface area contributed by atoms with Gasteiger partial charge >= 0.3 is 0 Å². The number of imide groups is 1. The van der Waals surface area contributed by atoms with E-state index in [-0.39, 0.29) is 6.54 Å². The summed E-state index contributed by atoms with van der Waals surface area (Å²) in [5, 5.41) is 10.1. The summed E-state index contributed by atoms with van der Waals surface area (Å²) >= 11 is 5.93. The molecule has 1 saturated heterocycles. The van der Waals surface area contributed by atoms with Crippen molar-refractivity contribution in [2.75, 3.05) is 4.90 Å². The summed E-state index contributed by atoms with van der Waals surface area (Å²) in [5.74, 6) is -0.436. The summed E-state index contributed by atoms with van der Waals surface area (Å²) in [6.07, 6.45) is 0. The highest BCUT2D eigenvalue weighted by atomic mass is 35.5. The number of aromatic nitrogens is 1. The molecule has 0 radical (unpaired) electrons. The van der Waals surface area contributed by atoms with Crippen LogP contribution in [0.1, 0.15) is 11.5 Å². The SMILES string of the molecule is Cc1oc(-c2ccc(Cl)cc2)nc1CN1N=N[C@@H]2C(=O)N(c3ccc(F)cc3)C(=O)[C@@H]21. The Balaban J connectivity index is 1.39. The summed E-state index contributed by atoms with van der Waals surface area (Å²) in [4.78, 5) is 31.3. The molecule has 2 amide bonds. The van der Waals surface area contributed by atoms with Crippen LogP contribution in [0.4, 0.5) is 10.1 Å².